The summed E-state index contributed by atoms with van der Waals surface area (Å²) in [5, 5.41) is 5.46. The van der Waals surface area contributed by atoms with Gasteiger partial charge in [0.05, 0.1) is 11.9 Å². The molecule has 0 aliphatic carbocycles. The highest BCUT2D eigenvalue weighted by atomic mass is 16.2. The number of anilines is 1. The Morgan fingerprint density at radius 3 is 2.68 bits per heavy atom. The molecule has 2 amide bonds. The van der Waals surface area contributed by atoms with Crippen LogP contribution in [0, 0.1) is 0 Å². The molecule has 0 spiro atoms. The van der Waals surface area contributed by atoms with Gasteiger partial charge in [0, 0.05) is 19.2 Å². The van der Waals surface area contributed by atoms with Crippen LogP contribution in [0.2, 0.25) is 0 Å². The minimum atomic E-state index is -0.218. The van der Waals surface area contributed by atoms with Crippen LogP contribution in [0.5, 0.6) is 0 Å². The molecule has 2 rings (SSSR count). The van der Waals surface area contributed by atoms with Crippen LogP contribution in [0.1, 0.15) is 37.2 Å². The molecular weight excluding hydrogens is 282 g/mol. The third-order valence-electron chi connectivity index (χ3n) is 2.93. The van der Waals surface area contributed by atoms with Crippen LogP contribution in [0.4, 0.5) is 5.69 Å². The Morgan fingerprint density at radius 1 is 1.23 bits per heavy atom. The lowest BCUT2D eigenvalue weighted by Gasteiger charge is -2.05. The Bertz CT molecular complexity index is 648. The van der Waals surface area contributed by atoms with E-state index in [1.54, 1.807) is 29.1 Å². The molecular formula is C15H19N5O2. The minimum Gasteiger partial charge on any atom is -0.351 e. The van der Waals surface area contributed by atoms with Gasteiger partial charge in [0.15, 0.2) is 0 Å². The molecule has 116 valence electrons. The zero-order valence-corrected chi connectivity index (χ0v) is 12.7. The third-order valence-corrected chi connectivity index (χ3v) is 2.93. The normalized spacial score (nSPS) is 10.3. The average Bonchev–Trinajstić information content (AvgIpc) is 2.98. The number of carbonyl (C=O) groups excluding carboxylic acids is 2. The number of hydrogen-bond donors (Lipinski definition) is 2. The van der Waals surface area contributed by atoms with E-state index < -0.39 is 0 Å². The summed E-state index contributed by atoms with van der Waals surface area (Å²) in [5.74, 6) is 0.374. The number of hydrogen-bond acceptors (Lipinski definition) is 4. The van der Waals surface area contributed by atoms with Crippen molar-refractivity contribution < 1.29 is 9.59 Å². The van der Waals surface area contributed by atoms with Gasteiger partial charge < -0.3 is 10.6 Å². The fourth-order valence-corrected chi connectivity index (χ4v) is 1.88. The molecule has 7 nitrogen and oxygen atoms in total. The molecule has 0 saturated heterocycles. The maximum Gasteiger partial charge on any atom is 0.271 e. The van der Waals surface area contributed by atoms with Crippen LogP contribution in [-0.4, -0.2) is 32.9 Å². The molecule has 22 heavy (non-hydrogen) atoms. The van der Waals surface area contributed by atoms with Crippen molar-refractivity contribution in [2.24, 2.45) is 0 Å². The molecule has 0 radical (unpaired) electrons. The van der Waals surface area contributed by atoms with Crippen LogP contribution >= 0.6 is 0 Å². The standard InChI is InChI=1S/C15H19N5O2/c1-3-5-14(21)19-11-6-7-13(17-8-11)20-9-12(18-10-20)15(22)16-4-2/h6-10H,3-5H2,1-2H3,(H,16,22)(H,19,21). The van der Waals surface area contributed by atoms with Crippen LogP contribution < -0.4 is 10.6 Å². The average molecular weight is 301 g/mol. The molecule has 0 bridgehead atoms. The second-order valence-corrected chi connectivity index (χ2v) is 4.73. The zero-order chi connectivity index (χ0) is 15.9. The molecule has 0 saturated carbocycles. The van der Waals surface area contributed by atoms with E-state index in [9.17, 15) is 9.59 Å². The molecule has 0 aliphatic heterocycles. The number of nitrogens with zero attached hydrogens (tertiary/aromatic N) is 3. The van der Waals surface area contributed by atoms with Gasteiger partial charge in [-0.2, -0.15) is 0 Å². The first-order chi connectivity index (χ1) is 10.6. The number of aromatic nitrogens is 3. The van der Waals surface area contributed by atoms with Gasteiger partial charge in [0.2, 0.25) is 5.91 Å². The van der Waals surface area contributed by atoms with Crippen molar-refractivity contribution >= 4 is 17.5 Å². The SMILES string of the molecule is CCCC(=O)Nc1ccc(-n2cnc(C(=O)NCC)c2)nc1. The Kier molecular flexibility index (Phi) is 5.24. The summed E-state index contributed by atoms with van der Waals surface area (Å²) < 4.78 is 1.65. The van der Waals surface area contributed by atoms with Crippen molar-refractivity contribution in [2.45, 2.75) is 26.7 Å². The fraction of sp³-hybridized carbons (Fsp3) is 0.333. The highest BCUT2D eigenvalue weighted by molar-refractivity contribution is 5.92. The first-order valence-corrected chi connectivity index (χ1v) is 7.22. The molecule has 2 aromatic rings. The second-order valence-electron chi connectivity index (χ2n) is 4.73. The summed E-state index contributed by atoms with van der Waals surface area (Å²) in [5.41, 5.74) is 0.982. The Hall–Kier alpha value is -2.70. The monoisotopic (exact) mass is 301 g/mol. The number of pyridine rings is 1. The van der Waals surface area contributed by atoms with Crippen molar-refractivity contribution in [1.29, 1.82) is 0 Å². The van der Waals surface area contributed by atoms with Crippen LogP contribution in [0.15, 0.2) is 30.9 Å². The quantitative estimate of drug-likeness (QED) is 0.850. The molecule has 2 N–H and O–H groups in total. The van der Waals surface area contributed by atoms with Crippen LogP contribution in [0.3, 0.4) is 0 Å². The summed E-state index contributed by atoms with van der Waals surface area (Å²) in [7, 11) is 0. The van der Waals surface area contributed by atoms with E-state index in [1.165, 1.54) is 6.33 Å². The van der Waals surface area contributed by atoms with Gasteiger partial charge in [-0.15, -0.1) is 0 Å². The van der Waals surface area contributed by atoms with Crippen LogP contribution in [0.25, 0.3) is 5.82 Å². The maximum atomic E-state index is 11.7. The van der Waals surface area contributed by atoms with E-state index in [0.717, 1.165) is 6.42 Å². The third kappa shape index (κ3) is 3.91. The van der Waals surface area contributed by atoms with Crippen molar-refractivity contribution in [3.05, 3.63) is 36.5 Å². The number of nitrogens with one attached hydrogen (secondary N) is 2. The Balaban J connectivity index is 2.07. The minimum absolute atomic E-state index is 0.0294. The maximum absolute atomic E-state index is 11.7. The lowest BCUT2D eigenvalue weighted by atomic mass is 10.3. The molecule has 0 unspecified atom stereocenters. The van der Waals surface area contributed by atoms with Crippen molar-refractivity contribution in [3.8, 4) is 5.82 Å². The number of amides is 2. The first-order valence-electron chi connectivity index (χ1n) is 7.22. The Labute approximate surface area is 128 Å². The smallest absolute Gasteiger partial charge is 0.271 e. The molecule has 0 aliphatic rings. The summed E-state index contributed by atoms with van der Waals surface area (Å²) in [4.78, 5) is 31.5. The number of rotatable bonds is 6. The van der Waals surface area contributed by atoms with Gasteiger partial charge >= 0.3 is 0 Å². The van der Waals surface area contributed by atoms with E-state index >= 15 is 0 Å². The summed E-state index contributed by atoms with van der Waals surface area (Å²) in [6.45, 7) is 4.35. The van der Waals surface area contributed by atoms with E-state index in [0.29, 0.717) is 30.2 Å². The summed E-state index contributed by atoms with van der Waals surface area (Å²) in [6, 6.07) is 3.52. The van der Waals surface area contributed by atoms with Gasteiger partial charge in [-0.1, -0.05) is 6.92 Å². The topological polar surface area (TPSA) is 88.9 Å². The van der Waals surface area contributed by atoms with Gasteiger partial charge in [-0.05, 0) is 25.5 Å². The van der Waals surface area contributed by atoms with E-state index in [-0.39, 0.29) is 11.8 Å². The number of imidazole rings is 1. The van der Waals surface area contributed by atoms with E-state index in [4.69, 9.17) is 0 Å². The summed E-state index contributed by atoms with van der Waals surface area (Å²) >= 11 is 0. The fourth-order valence-electron chi connectivity index (χ4n) is 1.88. The lowest BCUT2D eigenvalue weighted by Crippen LogP contribution is -2.22. The molecule has 7 heteroatoms. The molecule has 0 fully saturated rings. The predicted octanol–water partition coefficient (Wildman–Crippen LogP) is 1.76. The Morgan fingerprint density at radius 2 is 2.05 bits per heavy atom. The molecule has 0 atom stereocenters. The van der Waals surface area contributed by atoms with Crippen molar-refractivity contribution in [2.75, 3.05) is 11.9 Å². The van der Waals surface area contributed by atoms with Crippen molar-refractivity contribution in [1.82, 2.24) is 19.9 Å². The molecule has 2 aromatic heterocycles. The van der Waals surface area contributed by atoms with Crippen molar-refractivity contribution in [3.63, 3.8) is 0 Å². The predicted molar refractivity (Wildman–Crippen MR) is 82.9 cm³/mol. The van der Waals surface area contributed by atoms with Gasteiger partial charge in [-0.3, -0.25) is 14.2 Å². The van der Waals surface area contributed by atoms with Gasteiger partial charge in [0.1, 0.15) is 17.8 Å². The number of carbonyl (C=O) groups is 2. The first kappa shape index (κ1) is 15.7. The highest BCUT2D eigenvalue weighted by Crippen LogP contribution is 2.11. The highest BCUT2D eigenvalue weighted by Gasteiger charge is 2.09. The van der Waals surface area contributed by atoms with E-state index in [1.807, 2.05) is 13.8 Å². The van der Waals surface area contributed by atoms with Gasteiger partial charge in [0.25, 0.3) is 5.91 Å². The second kappa shape index (κ2) is 7.35. The van der Waals surface area contributed by atoms with E-state index in [2.05, 4.69) is 20.6 Å². The lowest BCUT2D eigenvalue weighted by molar-refractivity contribution is -0.116. The molecule has 0 aromatic carbocycles. The zero-order valence-electron chi connectivity index (χ0n) is 12.7. The van der Waals surface area contributed by atoms with Gasteiger partial charge in [-0.25, -0.2) is 9.97 Å². The molecule has 2 heterocycles. The summed E-state index contributed by atoms with van der Waals surface area (Å²) in [6.07, 6.45) is 6.01. The van der Waals surface area contributed by atoms with Crippen LogP contribution in [-0.2, 0) is 4.79 Å². The largest absolute Gasteiger partial charge is 0.351 e.